The number of para-hydroxylation sites is 3. The lowest BCUT2D eigenvalue weighted by Gasteiger charge is -2.13. The van der Waals surface area contributed by atoms with Crippen LogP contribution in [0, 0.1) is 0 Å². The van der Waals surface area contributed by atoms with Crippen LogP contribution in [-0.4, -0.2) is 19.6 Å². The smallest absolute Gasteiger partial charge is 0.308 e. The van der Waals surface area contributed by atoms with Crippen LogP contribution in [0.2, 0.25) is 0 Å². The molecule has 7 nitrogen and oxygen atoms in total. The lowest BCUT2D eigenvalue weighted by atomic mass is 10.2. The monoisotopic (exact) mass is 395 g/mol. The molecule has 0 spiro atoms. The predicted octanol–water partition coefficient (Wildman–Crippen LogP) is 3.91. The van der Waals surface area contributed by atoms with Gasteiger partial charge in [-0.05, 0) is 24.3 Å². The van der Waals surface area contributed by atoms with E-state index >= 15 is 0 Å². The minimum Gasteiger partial charge on any atom is -0.308 e. The van der Waals surface area contributed by atoms with Gasteiger partial charge < -0.3 is 10.6 Å². The molecular weight excluding hydrogens is 378 g/mol. The highest BCUT2D eigenvalue weighted by atomic mass is 32.2. The Morgan fingerprint density at radius 1 is 0.643 bits per heavy atom. The first-order valence-electron chi connectivity index (χ1n) is 8.30. The van der Waals surface area contributed by atoms with Gasteiger partial charge in [-0.2, -0.15) is 8.42 Å². The van der Waals surface area contributed by atoms with Gasteiger partial charge in [-0.25, -0.2) is 4.79 Å². The molecule has 0 unspecified atom stereocenters. The van der Waals surface area contributed by atoms with Crippen LogP contribution in [0.25, 0.3) is 0 Å². The third kappa shape index (κ3) is 4.74. The molecule has 3 aromatic carbocycles. The second-order valence-electron chi connectivity index (χ2n) is 5.75. The van der Waals surface area contributed by atoms with Crippen LogP contribution >= 0.6 is 0 Å². The number of rotatable bonds is 5. The van der Waals surface area contributed by atoms with Crippen LogP contribution in [-0.2, 0) is 10.0 Å². The Bertz CT molecular complexity index is 1080. The van der Waals surface area contributed by atoms with E-state index in [0.717, 1.165) is 0 Å². The van der Waals surface area contributed by atoms with E-state index in [1.54, 1.807) is 54.6 Å². The Labute approximate surface area is 162 Å². The molecule has 142 valence electrons. The van der Waals surface area contributed by atoms with Crippen molar-refractivity contribution in [2.24, 2.45) is 0 Å². The molecule has 0 saturated heterocycles. The van der Waals surface area contributed by atoms with Crippen molar-refractivity contribution in [2.75, 3.05) is 15.4 Å². The Morgan fingerprint density at radius 3 is 1.82 bits per heavy atom. The van der Waals surface area contributed by atoms with Crippen molar-refractivity contribution in [2.45, 2.75) is 0 Å². The minimum absolute atomic E-state index is 0.0438. The quantitative estimate of drug-likeness (QED) is 0.609. The second-order valence-corrected chi connectivity index (χ2v) is 7.33. The molecule has 3 rings (SSSR count). The number of urea groups is 1. The molecule has 28 heavy (non-hydrogen) atoms. The van der Waals surface area contributed by atoms with Gasteiger partial charge in [-0.15, -0.1) is 0 Å². The fourth-order valence-electron chi connectivity index (χ4n) is 2.41. The zero-order valence-electron chi connectivity index (χ0n) is 14.6. The average Bonchev–Trinajstić information content (AvgIpc) is 2.70. The highest BCUT2D eigenvalue weighted by Gasteiger charge is 2.24. The molecule has 0 aromatic heterocycles. The van der Waals surface area contributed by atoms with Gasteiger partial charge in [0.05, 0.1) is 11.4 Å². The molecule has 3 N–H and O–H groups in total. The molecule has 0 heterocycles. The van der Waals surface area contributed by atoms with Crippen molar-refractivity contribution in [3.05, 3.63) is 90.5 Å². The van der Waals surface area contributed by atoms with E-state index < -0.39 is 21.2 Å². The molecule has 0 aliphatic heterocycles. The molecule has 0 aliphatic carbocycles. The topological polar surface area (TPSA) is 104 Å². The molecule has 0 radical (unpaired) electrons. The largest absolute Gasteiger partial charge is 0.323 e. The minimum atomic E-state index is -4.34. The molecular formula is C20H17N3O4S. The van der Waals surface area contributed by atoms with E-state index in [4.69, 9.17) is 0 Å². The Hall–Kier alpha value is -3.65. The number of carbonyl (C=O) groups excluding carboxylic acids is 2. The fourth-order valence-corrected chi connectivity index (χ4v) is 3.41. The van der Waals surface area contributed by atoms with E-state index in [0.29, 0.717) is 5.69 Å². The summed E-state index contributed by atoms with van der Waals surface area (Å²) in [5, 5.41) is 4.15. The Kier molecular flexibility index (Phi) is 5.71. The van der Waals surface area contributed by atoms with Gasteiger partial charge in [0.1, 0.15) is 0 Å². The number of anilines is 3. The zero-order valence-corrected chi connectivity index (χ0v) is 15.4. The van der Waals surface area contributed by atoms with Gasteiger partial charge in [0.2, 0.25) is 0 Å². The van der Waals surface area contributed by atoms with Crippen LogP contribution < -0.4 is 15.4 Å². The summed E-state index contributed by atoms with van der Waals surface area (Å²) in [5.41, 5.74) is 0.912. The average molecular weight is 395 g/mol. The van der Waals surface area contributed by atoms with Crippen LogP contribution in [0.5, 0.6) is 0 Å². The summed E-state index contributed by atoms with van der Waals surface area (Å²) in [4.78, 5) is 24.5. The van der Waals surface area contributed by atoms with Crippen molar-refractivity contribution in [3.8, 4) is 0 Å². The molecule has 0 aliphatic rings. The summed E-state index contributed by atoms with van der Waals surface area (Å²) in [6.07, 6.45) is 0. The molecule has 0 fully saturated rings. The van der Waals surface area contributed by atoms with E-state index in [9.17, 15) is 18.0 Å². The zero-order chi connectivity index (χ0) is 20.0. The number of hydrogen-bond acceptors (Lipinski definition) is 4. The number of amides is 2. The molecule has 0 atom stereocenters. The lowest BCUT2D eigenvalue weighted by Crippen LogP contribution is -2.25. The maximum absolute atomic E-state index is 12.4. The van der Waals surface area contributed by atoms with Gasteiger partial charge in [0.25, 0.3) is 5.12 Å². The van der Waals surface area contributed by atoms with Crippen LogP contribution in [0.1, 0.15) is 10.4 Å². The number of benzene rings is 3. The predicted molar refractivity (Wildman–Crippen MR) is 109 cm³/mol. The van der Waals surface area contributed by atoms with E-state index in [-0.39, 0.29) is 16.9 Å². The van der Waals surface area contributed by atoms with Gasteiger partial charge in [0, 0.05) is 11.3 Å². The lowest BCUT2D eigenvalue weighted by molar-refractivity contribution is 0.107. The summed E-state index contributed by atoms with van der Waals surface area (Å²) in [5.74, 6) is 0. The molecule has 0 saturated carbocycles. The summed E-state index contributed by atoms with van der Waals surface area (Å²) in [7, 11) is -4.34. The first-order valence-corrected chi connectivity index (χ1v) is 9.78. The number of nitrogens with one attached hydrogen (secondary N) is 3. The third-order valence-corrected chi connectivity index (χ3v) is 4.92. The number of hydrogen-bond donors (Lipinski definition) is 3. The van der Waals surface area contributed by atoms with Crippen molar-refractivity contribution in [3.63, 3.8) is 0 Å². The SMILES string of the molecule is O=C(Nc1ccccc1)Nc1ccccc1NS(=O)(=O)C(=O)c1ccccc1. The van der Waals surface area contributed by atoms with Gasteiger partial charge in [0.15, 0.2) is 0 Å². The van der Waals surface area contributed by atoms with Crippen LogP contribution in [0.4, 0.5) is 21.9 Å². The van der Waals surface area contributed by atoms with Crippen molar-refractivity contribution in [1.29, 1.82) is 0 Å². The summed E-state index contributed by atoms with van der Waals surface area (Å²) in [6.45, 7) is 0. The summed E-state index contributed by atoms with van der Waals surface area (Å²) >= 11 is 0. The Morgan fingerprint density at radius 2 is 1.18 bits per heavy atom. The Balaban J connectivity index is 1.76. The standard InChI is InChI=1S/C20H17N3O4S/c24-19(15-9-3-1-4-10-15)28(26,27)23-18-14-8-7-13-17(18)22-20(25)21-16-11-5-2-6-12-16/h1-14,23H,(H2,21,22,25). The first-order chi connectivity index (χ1) is 13.5. The first kappa shape index (κ1) is 19.1. The van der Waals surface area contributed by atoms with E-state index in [1.807, 2.05) is 6.07 Å². The highest BCUT2D eigenvalue weighted by Crippen LogP contribution is 2.23. The van der Waals surface area contributed by atoms with E-state index in [2.05, 4.69) is 15.4 Å². The second kappa shape index (κ2) is 8.36. The van der Waals surface area contributed by atoms with Gasteiger partial charge in [-0.1, -0.05) is 60.7 Å². The number of sulfonamides is 1. The van der Waals surface area contributed by atoms with Crippen LogP contribution in [0.3, 0.4) is 0 Å². The normalized spacial score (nSPS) is 10.7. The maximum Gasteiger partial charge on any atom is 0.323 e. The fraction of sp³-hybridized carbons (Fsp3) is 0. The third-order valence-electron chi connectivity index (χ3n) is 3.70. The van der Waals surface area contributed by atoms with Crippen molar-refractivity contribution >= 4 is 38.2 Å². The summed E-state index contributed by atoms with van der Waals surface area (Å²) in [6, 6.07) is 22.1. The molecule has 3 aromatic rings. The molecule has 8 heteroatoms. The molecule has 0 bridgehead atoms. The van der Waals surface area contributed by atoms with E-state index in [1.165, 1.54) is 24.3 Å². The van der Waals surface area contributed by atoms with Crippen molar-refractivity contribution < 1.29 is 18.0 Å². The number of carbonyl (C=O) groups is 2. The highest BCUT2D eigenvalue weighted by molar-refractivity contribution is 8.07. The summed E-state index contributed by atoms with van der Waals surface area (Å²) < 4.78 is 27.1. The van der Waals surface area contributed by atoms with Crippen LogP contribution in [0.15, 0.2) is 84.9 Å². The molecule has 2 amide bonds. The van der Waals surface area contributed by atoms with Gasteiger partial charge in [-0.3, -0.25) is 9.52 Å². The van der Waals surface area contributed by atoms with Gasteiger partial charge >= 0.3 is 16.1 Å². The van der Waals surface area contributed by atoms with Crippen molar-refractivity contribution in [1.82, 2.24) is 0 Å². The maximum atomic E-state index is 12.4.